The summed E-state index contributed by atoms with van der Waals surface area (Å²) < 4.78 is 5.90. The van der Waals surface area contributed by atoms with E-state index in [1.807, 2.05) is 12.1 Å². The summed E-state index contributed by atoms with van der Waals surface area (Å²) in [5.74, 6) is 1.42. The van der Waals surface area contributed by atoms with Crippen LogP contribution in [0, 0.1) is 6.92 Å². The zero-order valence-electron chi connectivity index (χ0n) is 9.49. The van der Waals surface area contributed by atoms with E-state index in [1.165, 1.54) is 5.56 Å². The predicted molar refractivity (Wildman–Crippen MR) is 63.6 cm³/mol. The molecule has 0 unspecified atom stereocenters. The molecule has 0 amide bonds. The van der Waals surface area contributed by atoms with E-state index in [1.54, 1.807) is 0 Å². The third-order valence-electron chi connectivity index (χ3n) is 3.32. The van der Waals surface area contributed by atoms with Crippen molar-refractivity contribution in [2.45, 2.75) is 25.7 Å². The molecule has 1 aromatic carbocycles. The van der Waals surface area contributed by atoms with E-state index in [-0.39, 0.29) is 0 Å². The van der Waals surface area contributed by atoms with Crippen LogP contribution in [0.5, 0.6) is 0 Å². The van der Waals surface area contributed by atoms with Crippen LogP contribution >= 0.6 is 0 Å². The van der Waals surface area contributed by atoms with Gasteiger partial charge in [-0.2, -0.15) is 0 Å². The maximum absolute atomic E-state index is 5.90. The van der Waals surface area contributed by atoms with Gasteiger partial charge < -0.3 is 9.73 Å². The lowest BCUT2D eigenvalue weighted by Crippen LogP contribution is -2.26. The molecule has 0 saturated carbocycles. The molecule has 3 heteroatoms. The number of benzene rings is 1. The number of para-hydroxylation sites is 1. The first-order valence-electron chi connectivity index (χ1n) is 5.91. The van der Waals surface area contributed by atoms with Crippen molar-refractivity contribution >= 4 is 11.1 Å². The van der Waals surface area contributed by atoms with Crippen LogP contribution < -0.4 is 5.32 Å². The highest BCUT2D eigenvalue weighted by Gasteiger charge is 2.20. The van der Waals surface area contributed by atoms with Crippen molar-refractivity contribution < 1.29 is 4.42 Å². The van der Waals surface area contributed by atoms with Crippen LogP contribution in [0.2, 0.25) is 0 Å². The van der Waals surface area contributed by atoms with Crippen molar-refractivity contribution in [3.8, 4) is 0 Å². The van der Waals surface area contributed by atoms with Crippen LogP contribution in [0.4, 0.5) is 0 Å². The first-order valence-corrected chi connectivity index (χ1v) is 5.91. The van der Waals surface area contributed by atoms with E-state index in [9.17, 15) is 0 Å². The molecule has 0 atom stereocenters. The van der Waals surface area contributed by atoms with Gasteiger partial charge >= 0.3 is 0 Å². The first kappa shape index (κ1) is 9.85. The molecule has 1 aliphatic heterocycles. The zero-order chi connectivity index (χ0) is 11.0. The van der Waals surface area contributed by atoms with Gasteiger partial charge in [0.2, 0.25) is 0 Å². The maximum Gasteiger partial charge on any atom is 0.198 e. The number of hydrogen-bond donors (Lipinski definition) is 1. The second-order valence-corrected chi connectivity index (χ2v) is 4.50. The minimum absolute atomic E-state index is 0.494. The van der Waals surface area contributed by atoms with Crippen molar-refractivity contribution in [1.82, 2.24) is 10.3 Å². The van der Waals surface area contributed by atoms with Gasteiger partial charge in [0.25, 0.3) is 0 Å². The molecule has 0 aliphatic carbocycles. The van der Waals surface area contributed by atoms with E-state index in [4.69, 9.17) is 4.42 Å². The molecule has 2 heterocycles. The lowest BCUT2D eigenvalue weighted by atomic mass is 9.98. The lowest BCUT2D eigenvalue weighted by molar-refractivity contribution is 0.385. The van der Waals surface area contributed by atoms with Crippen LogP contribution in [-0.2, 0) is 0 Å². The zero-order valence-corrected chi connectivity index (χ0v) is 9.49. The summed E-state index contributed by atoms with van der Waals surface area (Å²) >= 11 is 0. The van der Waals surface area contributed by atoms with Gasteiger partial charge in [-0.25, -0.2) is 4.98 Å². The topological polar surface area (TPSA) is 38.1 Å². The molecular formula is C13H16N2O. The molecule has 1 N–H and O–H groups in total. The highest BCUT2D eigenvalue weighted by Crippen LogP contribution is 2.28. The molecule has 1 saturated heterocycles. The Kier molecular flexibility index (Phi) is 2.40. The fraction of sp³-hybridized carbons (Fsp3) is 0.462. The minimum Gasteiger partial charge on any atom is -0.440 e. The monoisotopic (exact) mass is 216 g/mol. The van der Waals surface area contributed by atoms with Crippen LogP contribution in [-0.4, -0.2) is 18.1 Å². The van der Waals surface area contributed by atoms with Crippen molar-refractivity contribution in [3.63, 3.8) is 0 Å². The molecule has 1 aromatic heterocycles. The number of hydrogen-bond acceptors (Lipinski definition) is 3. The number of nitrogens with one attached hydrogen (secondary N) is 1. The molecule has 1 aliphatic rings. The highest BCUT2D eigenvalue weighted by molar-refractivity contribution is 5.76. The number of oxazole rings is 1. The average molecular weight is 216 g/mol. The second kappa shape index (κ2) is 3.91. The first-order chi connectivity index (χ1) is 7.84. The van der Waals surface area contributed by atoms with Gasteiger partial charge in [0.1, 0.15) is 5.52 Å². The number of rotatable bonds is 1. The lowest BCUT2D eigenvalue weighted by Gasteiger charge is -2.19. The molecule has 0 spiro atoms. The van der Waals surface area contributed by atoms with Crippen LogP contribution in [0.3, 0.4) is 0 Å². The van der Waals surface area contributed by atoms with Gasteiger partial charge in [0.15, 0.2) is 11.5 Å². The largest absolute Gasteiger partial charge is 0.440 e. The fourth-order valence-electron chi connectivity index (χ4n) is 2.35. The molecule has 84 valence electrons. The Morgan fingerprint density at radius 3 is 2.88 bits per heavy atom. The quantitative estimate of drug-likeness (QED) is 0.796. The third-order valence-corrected chi connectivity index (χ3v) is 3.32. The van der Waals surface area contributed by atoms with Crippen molar-refractivity contribution in [1.29, 1.82) is 0 Å². The number of fused-ring (bicyclic) bond motifs is 1. The van der Waals surface area contributed by atoms with Gasteiger partial charge in [0, 0.05) is 5.92 Å². The highest BCUT2D eigenvalue weighted by atomic mass is 16.3. The number of aromatic nitrogens is 1. The van der Waals surface area contributed by atoms with Gasteiger partial charge in [-0.05, 0) is 44.5 Å². The second-order valence-electron chi connectivity index (χ2n) is 4.50. The Bertz CT molecular complexity index is 498. The normalized spacial score (nSPS) is 18.1. The van der Waals surface area contributed by atoms with Crippen molar-refractivity contribution in [3.05, 3.63) is 29.7 Å². The van der Waals surface area contributed by atoms with Crippen LogP contribution in [0.1, 0.15) is 30.2 Å². The summed E-state index contributed by atoms with van der Waals surface area (Å²) in [4.78, 5) is 4.60. The fourth-order valence-corrected chi connectivity index (χ4v) is 2.35. The van der Waals surface area contributed by atoms with Gasteiger partial charge in [0.05, 0.1) is 0 Å². The van der Waals surface area contributed by atoms with Crippen LogP contribution in [0.25, 0.3) is 11.1 Å². The van der Waals surface area contributed by atoms with E-state index in [0.717, 1.165) is 42.9 Å². The Balaban J connectivity index is 2.01. The number of nitrogens with zero attached hydrogens (tertiary/aromatic N) is 1. The minimum atomic E-state index is 0.494. The molecule has 3 nitrogen and oxygen atoms in total. The Morgan fingerprint density at radius 2 is 2.12 bits per heavy atom. The summed E-state index contributed by atoms with van der Waals surface area (Å²) in [6.45, 7) is 4.21. The van der Waals surface area contributed by atoms with Crippen molar-refractivity contribution in [2.75, 3.05) is 13.1 Å². The summed E-state index contributed by atoms with van der Waals surface area (Å²) in [6, 6.07) is 6.13. The molecule has 16 heavy (non-hydrogen) atoms. The number of piperidine rings is 1. The summed E-state index contributed by atoms with van der Waals surface area (Å²) in [5, 5.41) is 3.36. The smallest absolute Gasteiger partial charge is 0.198 e. The van der Waals surface area contributed by atoms with E-state index < -0.39 is 0 Å². The standard InChI is InChI=1S/C13H16N2O/c1-9-3-2-4-11-12(9)16-13(15-11)10-5-7-14-8-6-10/h2-4,10,14H,5-8H2,1H3. The average Bonchev–Trinajstić information content (AvgIpc) is 2.76. The van der Waals surface area contributed by atoms with Gasteiger partial charge in [-0.3, -0.25) is 0 Å². The molecule has 1 fully saturated rings. The van der Waals surface area contributed by atoms with E-state index in [2.05, 4.69) is 23.3 Å². The SMILES string of the molecule is Cc1cccc2nc(C3CCNCC3)oc12. The Morgan fingerprint density at radius 1 is 1.31 bits per heavy atom. The molecule has 0 radical (unpaired) electrons. The summed E-state index contributed by atoms with van der Waals surface area (Å²) in [6.07, 6.45) is 2.26. The van der Waals surface area contributed by atoms with Crippen molar-refractivity contribution in [2.24, 2.45) is 0 Å². The molecule has 3 rings (SSSR count). The van der Waals surface area contributed by atoms with Gasteiger partial charge in [-0.1, -0.05) is 12.1 Å². The van der Waals surface area contributed by atoms with E-state index in [0.29, 0.717) is 5.92 Å². The molecule has 0 bridgehead atoms. The van der Waals surface area contributed by atoms with Crippen LogP contribution in [0.15, 0.2) is 22.6 Å². The summed E-state index contributed by atoms with van der Waals surface area (Å²) in [7, 11) is 0. The maximum atomic E-state index is 5.90. The number of aryl methyl sites for hydroxylation is 1. The molecular weight excluding hydrogens is 200 g/mol. The molecule has 2 aromatic rings. The van der Waals surface area contributed by atoms with E-state index >= 15 is 0 Å². The summed E-state index contributed by atoms with van der Waals surface area (Å²) in [5.41, 5.74) is 3.12. The van der Waals surface area contributed by atoms with Gasteiger partial charge in [-0.15, -0.1) is 0 Å². The Hall–Kier alpha value is -1.35. The Labute approximate surface area is 94.9 Å². The third kappa shape index (κ3) is 1.61. The predicted octanol–water partition coefficient (Wildman–Crippen LogP) is 2.60.